The predicted octanol–water partition coefficient (Wildman–Crippen LogP) is 1.31. The number of hydrogen-bond donors (Lipinski definition) is 1. The van der Waals surface area contributed by atoms with Gasteiger partial charge in [-0.05, 0) is 18.6 Å². The zero-order chi connectivity index (χ0) is 9.97. The first-order valence-electron chi connectivity index (χ1n) is 4.42. The SMILES string of the molecule is OCCCc1nc2cccc(Cl)n2n1. The lowest BCUT2D eigenvalue weighted by molar-refractivity contribution is 0.287. The molecule has 0 atom stereocenters. The van der Waals surface area contributed by atoms with Gasteiger partial charge < -0.3 is 5.11 Å². The van der Waals surface area contributed by atoms with E-state index in [2.05, 4.69) is 10.1 Å². The standard InChI is InChI=1S/C9H10ClN3O/c10-7-3-1-5-9-11-8(4-2-6-14)12-13(7)9/h1,3,5,14H,2,4,6H2. The van der Waals surface area contributed by atoms with Crippen molar-refractivity contribution in [3.05, 3.63) is 29.2 Å². The molecule has 2 heterocycles. The number of hydrogen-bond acceptors (Lipinski definition) is 3. The minimum atomic E-state index is 0.156. The summed E-state index contributed by atoms with van der Waals surface area (Å²) in [5.74, 6) is 0.715. The van der Waals surface area contributed by atoms with Crippen LogP contribution in [0.5, 0.6) is 0 Å². The second kappa shape index (κ2) is 3.94. The van der Waals surface area contributed by atoms with E-state index in [1.165, 1.54) is 0 Å². The Morgan fingerprint density at radius 2 is 2.29 bits per heavy atom. The highest BCUT2D eigenvalue weighted by molar-refractivity contribution is 6.29. The van der Waals surface area contributed by atoms with Crippen LogP contribution in [0.1, 0.15) is 12.2 Å². The lowest BCUT2D eigenvalue weighted by Crippen LogP contribution is -1.93. The van der Waals surface area contributed by atoms with Gasteiger partial charge in [-0.3, -0.25) is 0 Å². The minimum Gasteiger partial charge on any atom is -0.396 e. The fourth-order valence-electron chi connectivity index (χ4n) is 1.26. The Bertz CT molecular complexity index is 441. The van der Waals surface area contributed by atoms with Crippen molar-refractivity contribution in [2.45, 2.75) is 12.8 Å². The Hall–Kier alpha value is -1.13. The van der Waals surface area contributed by atoms with Crippen LogP contribution in [-0.4, -0.2) is 26.3 Å². The summed E-state index contributed by atoms with van der Waals surface area (Å²) < 4.78 is 1.59. The summed E-state index contributed by atoms with van der Waals surface area (Å²) in [4.78, 5) is 4.27. The van der Waals surface area contributed by atoms with Crippen molar-refractivity contribution in [3.63, 3.8) is 0 Å². The highest BCUT2D eigenvalue weighted by Crippen LogP contribution is 2.11. The molecule has 0 saturated heterocycles. The van der Waals surface area contributed by atoms with Crippen molar-refractivity contribution in [3.8, 4) is 0 Å². The molecule has 0 radical (unpaired) electrons. The highest BCUT2D eigenvalue weighted by Gasteiger charge is 2.04. The van der Waals surface area contributed by atoms with Crippen LogP contribution in [0.25, 0.3) is 5.65 Å². The topological polar surface area (TPSA) is 50.4 Å². The number of aliphatic hydroxyl groups is 1. The van der Waals surface area contributed by atoms with Gasteiger partial charge in [0.2, 0.25) is 0 Å². The highest BCUT2D eigenvalue weighted by atomic mass is 35.5. The van der Waals surface area contributed by atoms with Crippen LogP contribution in [0.4, 0.5) is 0 Å². The van der Waals surface area contributed by atoms with Crippen molar-refractivity contribution >= 4 is 17.2 Å². The molecule has 2 aromatic rings. The maximum absolute atomic E-state index is 8.67. The average Bonchev–Trinajstić information content (AvgIpc) is 2.59. The van der Waals surface area contributed by atoms with E-state index in [9.17, 15) is 0 Å². The predicted molar refractivity (Wildman–Crippen MR) is 53.4 cm³/mol. The lowest BCUT2D eigenvalue weighted by Gasteiger charge is -1.92. The summed E-state index contributed by atoms with van der Waals surface area (Å²) in [5.41, 5.74) is 0.741. The van der Waals surface area contributed by atoms with Crippen LogP contribution in [0.2, 0.25) is 5.15 Å². The molecule has 74 valence electrons. The first-order valence-corrected chi connectivity index (χ1v) is 4.80. The van der Waals surface area contributed by atoms with Crippen molar-refractivity contribution in [1.82, 2.24) is 14.6 Å². The van der Waals surface area contributed by atoms with Crippen LogP contribution in [-0.2, 0) is 6.42 Å². The van der Waals surface area contributed by atoms with E-state index in [0.29, 0.717) is 23.8 Å². The van der Waals surface area contributed by atoms with E-state index < -0.39 is 0 Å². The number of aryl methyl sites for hydroxylation is 1. The van der Waals surface area contributed by atoms with Crippen LogP contribution in [0.3, 0.4) is 0 Å². The maximum Gasteiger partial charge on any atom is 0.157 e. The van der Waals surface area contributed by atoms with Gasteiger partial charge in [-0.1, -0.05) is 17.7 Å². The molecule has 0 spiro atoms. The molecule has 0 fully saturated rings. The van der Waals surface area contributed by atoms with E-state index in [1.807, 2.05) is 12.1 Å². The van der Waals surface area contributed by atoms with Gasteiger partial charge in [0.05, 0.1) is 0 Å². The minimum absolute atomic E-state index is 0.156. The Morgan fingerprint density at radius 3 is 3.00 bits per heavy atom. The van der Waals surface area contributed by atoms with Gasteiger partial charge in [0.15, 0.2) is 11.5 Å². The molecule has 0 aromatic carbocycles. The number of aliphatic hydroxyl groups excluding tert-OH is 1. The smallest absolute Gasteiger partial charge is 0.157 e. The fourth-order valence-corrected chi connectivity index (χ4v) is 1.46. The number of rotatable bonds is 3. The number of halogens is 1. The third-order valence-corrected chi connectivity index (χ3v) is 2.20. The van der Waals surface area contributed by atoms with E-state index in [-0.39, 0.29) is 6.61 Å². The zero-order valence-corrected chi connectivity index (χ0v) is 8.28. The van der Waals surface area contributed by atoms with Crippen molar-refractivity contribution in [2.24, 2.45) is 0 Å². The van der Waals surface area contributed by atoms with Crippen LogP contribution in [0, 0.1) is 0 Å². The molecule has 0 aliphatic rings. The Morgan fingerprint density at radius 1 is 1.43 bits per heavy atom. The van der Waals surface area contributed by atoms with E-state index in [4.69, 9.17) is 16.7 Å². The average molecular weight is 212 g/mol. The molecule has 0 amide bonds. The van der Waals surface area contributed by atoms with Gasteiger partial charge >= 0.3 is 0 Å². The van der Waals surface area contributed by atoms with Crippen LogP contribution in [0.15, 0.2) is 18.2 Å². The lowest BCUT2D eigenvalue weighted by atomic mass is 10.3. The number of nitrogens with zero attached hydrogens (tertiary/aromatic N) is 3. The molecular formula is C9H10ClN3O. The second-order valence-electron chi connectivity index (χ2n) is 2.97. The Kier molecular flexibility index (Phi) is 2.65. The third-order valence-electron chi connectivity index (χ3n) is 1.92. The first-order chi connectivity index (χ1) is 6.81. The fraction of sp³-hybridized carbons (Fsp3) is 0.333. The monoisotopic (exact) mass is 211 g/mol. The summed E-state index contributed by atoms with van der Waals surface area (Å²) in [6.45, 7) is 0.156. The molecule has 5 heteroatoms. The normalized spacial score (nSPS) is 11.0. The van der Waals surface area contributed by atoms with Gasteiger partial charge in [0.1, 0.15) is 5.15 Å². The van der Waals surface area contributed by atoms with Crippen LogP contribution >= 0.6 is 11.6 Å². The van der Waals surface area contributed by atoms with Gasteiger partial charge in [-0.25, -0.2) is 9.50 Å². The van der Waals surface area contributed by atoms with Gasteiger partial charge in [-0.15, -0.1) is 5.10 Å². The van der Waals surface area contributed by atoms with Crippen LogP contribution < -0.4 is 0 Å². The Labute approximate surface area is 86.1 Å². The van der Waals surface area contributed by atoms with Crippen molar-refractivity contribution in [1.29, 1.82) is 0 Å². The molecule has 0 aliphatic carbocycles. The molecule has 0 saturated carbocycles. The largest absolute Gasteiger partial charge is 0.396 e. The number of aromatic nitrogens is 3. The van der Waals surface area contributed by atoms with Crippen molar-refractivity contribution < 1.29 is 5.11 Å². The molecule has 14 heavy (non-hydrogen) atoms. The van der Waals surface area contributed by atoms with E-state index in [1.54, 1.807) is 10.6 Å². The molecule has 0 aliphatic heterocycles. The Balaban J connectivity index is 2.36. The summed E-state index contributed by atoms with van der Waals surface area (Å²) >= 11 is 5.92. The maximum atomic E-state index is 8.67. The molecule has 0 unspecified atom stereocenters. The second-order valence-corrected chi connectivity index (χ2v) is 3.36. The van der Waals surface area contributed by atoms with E-state index in [0.717, 1.165) is 5.65 Å². The molecule has 2 rings (SSSR count). The van der Waals surface area contributed by atoms with E-state index >= 15 is 0 Å². The molecule has 2 aromatic heterocycles. The quantitative estimate of drug-likeness (QED) is 0.779. The third kappa shape index (κ3) is 1.71. The molecule has 0 bridgehead atoms. The number of pyridine rings is 1. The molecular weight excluding hydrogens is 202 g/mol. The molecule has 1 N–H and O–H groups in total. The summed E-state index contributed by atoms with van der Waals surface area (Å²) in [7, 11) is 0. The summed E-state index contributed by atoms with van der Waals surface area (Å²) in [6.07, 6.45) is 1.35. The summed E-state index contributed by atoms with van der Waals surface area (Å²) in [6, 6.07) is 5.45. The molecule has 4 nitrogen and oxygen atoms in total. The zero-order valence-electron chi connectivity index (χ0n) is 7.52. The number of fused-ring (bicyclic) bond motifs is 1. The van der Waals surface area contributed by atoms with Gasteiger partial charge in [-0.2, -0.15) is 0 Å². The summed E-state index contributed by atoms with van der Waals surface area (Å²) in [5, 5.41) is 13.4. The van der Waals surface area contributed by atoms with Gasteiger partial charge in [0.25, 0.3) is 0 Å². The first kappa shape index (κ1) is 9.43. The van der Waals surface area contributed by atoms with Gasteiger partial charge in [0, 0.05) is 13.0 Å². The van der Waals surface area contributed by atoms with Crippen molar-refractivity contribution in [2.75, 3.05) is 6.61 Å².